The zero-order valence-electron chi connectivity index (χ0n) is 11.1. The molecule has 0 rings (SSSR count). The largest absolute Gasteiger partial charge is 0.378 e. The molecule has 0 heterocycles. The van der Waals surface area contributed by atoms with E-state index in [4.69, 9.17) is 0 Å². The van der Waals surface area contributed by atoms with Crippen molar-refractivity contribution >= 4 is 0 Å². The lowest BCUT2D eigenvalue weighted by atomic mass is 9.83. The van der Waals surface area contributed by atoms with E-state index in [0.29, 0.717) is 5.92 Å². The van der Waals surface area contributed by atoms with Gasteiger partial charge in [-0.05, 0) is 37.8 Å². The fraction of sp³-hybridized carbons (Fsp3) is 0.714. The van der Waals surface area contributed by atoms with Crippen molar-refractivity contribution < 1.29 is 0 Å². The highest BCUT2D eigenvalue weighted by Gasteiger charge is 2.15. The molecule has 0 fully saturated rings. The van der Waals surface area contributed by atoms with Crippen LogP contribution in [0.5, 0.6) is 0 Å². The van der Waals surface area contributed by atoms with E-state index >= 15 is 0 Å². The first-order valence-corrected chi connectivity index (χ1v) is 6.01. The van der Waals surface area contributed by atoms with Crippen molar-refractivity contribution in [3.63, 3.8) is 0 Å². The number of nitrogens with zero attached hydrogens (tertiary/aromatic N) is 1. The van der Waals surface area contributed by atoms with Crippen molar-refractivity contribution in [3.8, 4) is 0 Å². The van der Waals surface area contributed by atoms with Gasteiger partial charge in [-0.2, -0.15) is 0 Å². The first-order chi connectivity index (χ1) is 6.95. The molecule has 0 saturated carbocycles. The van der Waals surface area contributed by atoms with Crippen LogP contribution in [0.4, 0.5) is 0 Å². The van der Waals surface area contributed by atoms with Crippen LogP contribution >= 0.6 is 0 Å². The fourth-order valence-corrected chi connectivity index (χ4v) is 1.68. The van der Waals surface area contributed by atoms with Crippen molar-refractivity contribution in [3.05, 3.63) is 24.9 Å². The van der Waals surface area contributed by atoms with Gasteiger partial charge in [0.2, 0.25) is 0 Å². The topological polar surface area (TPSA) is 3.24 Å². The highest BCUT2D eigenvalue weighted by Crippen LogP contribution is 2.26. The van der Waals surface area contributed by atoms with Gasteiger partial charge in [0, 0.05) is 13.1 Å². The molecular weight excluding hydrogens is 182 g/mol. The van der Waals surface area contributed by atoms with E-state index in [1.807, 2.05) is 0 Å². The summed E-state index contributed by atoms with van der Waals surface area (Å²) in [5, 5.41) is 0. The lowest BCUT2D eigenvalue weighted by Gasteiger charge is -2.23. The zero-order valence-corrected chi connectivity index (χ0v) is 11.1. The van der Waals surface area contributed by atoms with Crippen LogP contribution in [0.15, 0.2) is 24.9 Å². The minimum absolute atomic E-state index is 0.243. The van der Waals surface area contributed by atoms with Crippen molar-refractivity contribution in [1.29, 1.82) is 0 Å². The van der Waals surface area contributed by atoms with Gasteiger partial charge in [-0.1, -0.05) is 32.9 Å². The molecule has 0 radical (unpaired) electrons. The Labute approximate surface area is 95.9 Å². The molecule has 0 aliphatic rings. The number of allylic oxidation sites excluding steroid dienone is 2. The van der Waals surface area contributed by atoms with Crippen LogP contribution in [0.2, 0.25) is 0 Å². The van der Waals surface area contributed by atoms with Gasteiger partial charge in [-0.25, -0.2) is 0 Å². The van der Waals surface area contributed by atoms with Crippen LogP contribution in [0.1, 0.15) is 41.0 Å². The van der Waals surface area contributed by atoms with Gasteiger partial charge < -0.3 is 4.90 Å². The summed E-state index contributed by atoms with van der Waals surface area (Å²) in [6, 6.07) is 0. The smallest absolute Gasteiger partial charge is 0.0143 e. The SMILES string of the molecule is C=CC(C)(C)CC(C)/C=C/N(CC)CC. The second kappa shape index (κ2) is 6.71. The Balaban J connectivity index is 4.12. The van der Waals surface area contributed by atoms with E-state index < -0.39 is 0 Å². The molecule has 0 aromatic rings. The Hall–Kier alpha value is -0.720. The van der Waals surface area contributed by atoms with E-state index in [9.17, 15) is 0 Å². The molecule has 0 N–H and O–H groups in total. The Morgan fingerprint density at radius 2 is 1.80 bits per heavy atom. The summed E-state index contributed by atoms with van der Waals surface area (Å²) in [6.45, 7) is 17.2. The predicted molar refractivity (Wildman–Crippen MR) is 69.8 cm³/mol. The monoisotopic (exact) mass is 209 g/mol. The van der Waals surface area contributed by atoms with E-state index in [2.05, 4.69) is 64.4 Å². The molecule has 1 atom stereocenters. The average molecular weight is 209 g/mol. The summed E-state index contributed by atoms with van der Waals surface area (Å²) in [6.07, 6.45) is 7.74. The third-order valence-electron chi connectivity index (χ3n) is 2.84. The van der Waals surface area contributed by atoms with Crippen molar-refractivity contribution in [2.45, 2.75) is 41.0 Å². The zero-order chi connectivity index (χ0) is 11.9. The molecule has 0 saturated heterocycles. The molecule has 1 heteroatoms. The van der Waals surface area contributed by atoms with Crippen molar-refractivity contribution in [1.82, 2.24) is 4.90 Å². The van der Waals surface area contributed by atoms with Gasteiger partial charge in [0.25, 0.3) is 0 Å². The number of hydrogen-bond acceptors (Lipinski definition) is 1. The standard InChI is InChI=1S/C14H27N/c1-7-14(5,6)12-13(4)10-11-15(8-2)9-3/h7,10-11,13H,1,8-9,12H2,2-6H3/b11-10+. The maximum absolute atomic E-state index is 3.88. The van der Waals surface area contributed by atoms with Gasteiger partial charge >= 0.3 is 0 Å². The van der Waals surface area contributed by atoms with E-state index in [0.717, 1.165) is 19.5 Å². The van der Waals surface area contributed by atoms with Gasteiger partial charge in [-0.3, -0.25) is 0 Å². The Bertz CT molecular complexity index is 199. The highest BCUT2D eigenvalue weighted by molar-refractivity contribution is 4.94. The molecule has 0 aromatic heterocycles. The molecule has 0 aliphatic carbocycles. The summed E-state index contributed by atoms with van der Waals surface area (Å²) in [7, 11) is 0. The summed E-state index contributed by atoms with van der Waals surface area (Å²) >= 11 is 0. The Kier molecular flexibility index (Phi) is 6.38. The Morgan fingerprint density at radius 1 is 1.27 bits per heavy atom. The van der Waals surface area contributed by atoms with E-state index in [-0.39, 0.29) is 5.41 Å². The maximum Gasteiger partial charge on any atom is 0.0143 e. The van der Waals surface area contributed by atoms with Gasteiger partial charge in [-0.15, -0.1) is 6.58 Å². The lowest BCUT2D eigenvalue weighted by molar-refractivity contribution is 0.377. The summed E-state index contributed by atoms with van der Waals surface area (Å²) < 4.78 is 0. The predicted octanol–water partition coefficient (Wildman–Crippen LogP) is 4.08. The van der Waals surface area contributed by atoms with Crippen molar-refractivity contribution in [2.24, 2.45) is 11.3 Å². The number of rotatable bonds is 7. The van der Waals surface area contributed by atoms with E-state index in [1.165, 1.54) is 0 Å². The second-order valence-electron chi connectivity index (χ2n) is 4.94. The van der Waals surface area contributed by atoms with Crippen molar-refractivity contribution in [2.75, 3.05) is 13.1 Å². The van der Waals surface area contributed by atoms with Crippen LogP contribution in [-0.4, -0.2) is 18.0 Å². The van der Waals surface area contributed by atoms with Crippen LogP contribution in [0.25, 0.3) is 0 Å². The summed E-state index contributed by atoms with van der Waals surface area (Å²) in [5.41, 5.74) is 0.243. The van der Waals surface area contributed by atoms with E-state index in [1.54, 1.807) is 0 Å². The third-order valence-corrected chi connectivity index (χ3v) is 2.84. The molecule has 1 unspecified atom stereocenters. The van der Waals surface area contributed by atoms with Gasteiger partial charge in [0.1, 0.15) is 0 Å². The maximum atomic E-state index is 3.88. The summed E-state index contributed by atoms with van der Waals surface area (Å²) in [4.78, 5) is 2.32. The van der Waals surface area contributed by atoms with Crippen LogP contribution in [0, 0.1) is 11.3 Å². The molecular formula is C14H27N. The van der Waals surface area contributed by atoms with Crippen LogP contribution in [0.3, 0.4) is 0 Å². The van der Waals surface area contributed by atoms with Crippen LogP contribution in [-0.2, 0) is 0 Å². The highest BCUT2D eigenvalue weighted by atomic mass is 15.1. The third kappa shape index (κ3) is 6.38. The molecule has 0 aliphatic heterocycles. The first kappa shape index (κ1) is 14.3. The molecule has 0 spiro atoms. The van der Waals surface area contributed by atoms with Crippen LogP contribution < -0.4 is 0 Å². The molecule has 88 valence electrons. The van der Waals surface area contributed by atoms with Gasteiger partial charge in [0.05, 0.1) is 0 Å². The second-order valence-corrected chi connectivity index (χ2v) is 4.94. The normalized spacial score (nSPS) is 14.2. The average Bonchev–Trinajstić information content (AvgIpc) is 2.19. The fourth-order valence-electron chi connectivity index (χ4n) is 1.68. The summed E-state index contributed by atoms with van der Waals surface area (Å²) in [5.74, 6) is 0.610. The minimum Gasteiger partial charge on any atom is -0.378 e. The minimum atomic E-state index is 0.243. The molecule has 15 heavy (non-hydrogen) atoms. The quantitative estimate of drug-likeness (QED) is 0.571. The Morgan fingerprint density at radius 3 is 2.20 bits per heavy atom. The molecule has 0 bridgehead atoms. The molecule has 0 aromatic carbocycles. The molecule has 1 nitrogen and oxygen atoms in total. The number of hydrogen-bond donors (Lipinski definition) is 0. The first-order valence-electron chi connectivity index (χ1n) is 6.01. The lowest BCUT2D eigenvalue weighted by Crippen LogP contribution is -2.16. The molecule has 0 amide bonds. The van der Waals surface area contributed by atoms with Gasteiger partial charge in [0.15, 0.2) is 0 Å².